The van der Waals surface area contributed by atoms with Crippen LogP contribution >= 0.6 is 0 Å². The molecule has 1 aromatic rings. The topological polar surface area (TPSA) is 75.5 Å². The highest BCUT2D eigenvalue weighted by atomic mass is 19.4. The molecule has 1 N–H and O–H groups in total. The van der Waals surface area contributed by atoms with Crippen LogP contribution in [0, 0.1) is 10.1 Å². The average Bonchev–Trinajstić information content (AvgIpc) is 2.74. The minimum absolute atomic E-state index is 0.233. The SMILES string of the molecule is O=C(CCCCCCCCCNc1ccc([N+](=O)[O-])c(C(F)(F)F)c1)N1CCCCC1. The fourth-order valence-electron chi connectivity index (χ4n) is 3.85. The van der Waals surface area contributed by atoms with Crippen molar-refractivity contribution in [3.8, 4) is 0 Å². The van der Waals surface area contributed by atoms with Crippen molar-refractivity contribution >= 4 is 17.3 Å². The molecule has 174 valence electrons. The van der Waals surface area contributed by atoms with Gasteiger partial charge in [0.1, 0.15) is 5.56 Å². The number of nitro groups is 1. The number of halogens is 3. The highest BCUT2D eigenvalue weighted by Gasteiger charge is 2.38. The van der Waals surface area contributed by atoms with Crippen LogP contribution in [0.15, 0.2) is 18.2 Å². The quantitative estimate of drug-likeness (QED) is 0.238. The maximum Gasteiger partial charge on any atom is 0.423 e. The molecule has 1 aliphatic rings. The van der Waals surface area contributed by atoms with Crippen LogP contribution in [0.1, 0.15) is 76.2 Å². The highest BCUT2D eigenvalue weighted by Crippen LogP contribution is 2.37. The summed E-state index contributed by atoms with van der Waals surface area (Å²) in [5, 5.41) is 13.7. The Balaban J connectivity index is 1.54. The number of amides is 1. The summed E-state index contributed by atoms with van der Waals surface area (Å²) in [5.74, 6) is 0.283. The molecule has 1 saturated heterocycles. The minimum Gasteiger partial charge on any atom is -0.385 e. The summed E-state index contributed by atoms with van der Waals surface area (Å²) in [5.41, 5.74) is -1.94. The maximum atomic E-state index is 13.0. The van der Waals surface area contributed by atoms with Crippen molar-refractivity contribution in [3.05, 3.63) is 33.9 Å². The molecule has 0 spiro atoms. The molecule has 0 radical (unpaired) electrons. The third kappa shape index (κ3) is 8.75. The fourth-order valence-corrected chi connectivity index (χ4v) is 3.85. The molecule has 1 fully saturated rings. The van der Waals surface area contributed by atoms with Crippen molar-refractivity contribution in [1.82, 2.24) is 4.90 Å². The summed E-state index contributed by atoms with van der Waals surface area (Å²) in [7, 11) is 0. The van der Waals surface area contributed by atoms with E-state index in [1.165, 1.54) is 12.5 Å². The van der Waals surface area contributed by atoms with E-state index in [2.05, 4.69) is 5.32 Å². The number of carbonyl (C=O) groups excluding carboxylic acids is 1. The van der Waals surface area contributed by atoms with E-state index >= 15 is 0 Å². The van der Waals surface area contributed by atoms with E-state index in [1.807, 2.05) is 4.90 Å². The van der Waals surface area contributed by atoms with Crippen molar-refractivity contribution in [1.29, 1.82) is 0 Å². The fraction of sp³-hybridized carbons (Fsp3) is 0.682. The van der Waals surface area contributed by atoms with Crippen LogP contribution in [-0.2, 0) is 11.0 Å². The van der Waals surface area contributed by atoms with Gasteiger partial charge in [-0.2, -0.15) is 13.2 Å². The van der Waals surface area contributed by atoms with Gasteiger partial charge in [-0.25, -0.2) is 0 Å². The predicted octanol–water partition coefficient (Wildman–Crippen LogP) is 6.16. The van der Waals surface area contributed by atoms with Gasteiger partial charge in [0.25, 0.3) is 5.69 Å². The van der Waals surface area contributed by atoms with Gasteiger partial charge >= 0.3 is 6.18 Å². The van der Waals surface area contributed by atoms with Crippen LogP contribution < -0.4 is 5.32 Å². The van der Waals surface area contributed by atoms with Gasteiger partial charge in [-0.1, -0.05) is 32.1 Å². The largest absolute Gasteiger partial charge is 0.423 e. The molecule has 1 amide bonds. The van der Waals surface area contributed by atoms with E-state index in [-0.39, 0.29) is 11.6 Å². The zero-order valence-corrected chi connectivity index (χ0v) is 17.9. The number of anilines is 1. The summed E-state index contributed by atoms with van der Waals surface area (Å²) in [6, 6.07) is 2.99. The molecule has 2 rings (SSSR count). The van der Waals surface area contributed by atoms with Gasteiger partial charge in [-0.15, -0.1) is 0 Å². The molecule has 6 nitrogen and oxygen atoms in total. The van der Waals surface area contributed by atoms with Gasteiger partial charge in [-0.05, 0) is 44.2 Å². The zero-order chi connectivity index (χ0) is 22.7. The normalized spacial score (nSPS) is 14.5. The molecule has 0 unspecified atom stereocenters. The van der Waals surface area contributed by atoms with Crippen molar-refractivity contribution in [3.63, 3.8) is 0 Å². The molecule has 9 heteroatoms. The van der Waals surface area contributed by atoms with Gasteiger partial charge < -0.3 is 10.2 Å². The van der Waals surface area contributed by atoms with Crippen molar-refractivity contribution in [2.75, 3.05) is 25.0 Å². The second-order valence-corrected chi connectivity index (χ2v) is 8.08. The smallest absolute Gasteiger partial charge is 0.385 e. The first-order chi connectivity index (χ1) is 14.8. The Morgan fingerprint density at radius 1 is 1.00 bits per heavy atom. The molecule has 0 saturated carbocycles. The lowest BCUT2D eigenvalue weighted by Gasteiger charge is -2.26. The lowest BCUT2D eigenvalue weighted by atomic mass is 10.1. The maximum absolute atomic E-state index is 13.0. The number of carbonyl (C=O) groups is 1. The molecule has 0 aliphatic carbocycles. The first-order valence-electron chi connectivity index (χ1n) is 11.2. The van der Waals surface area contributed by atoms with Crippen LogP contribution in [0.4, 0.5) is 24.5 Å². The summed E-state index contributed by atoms with van der Waals surface area (Å²) in [6.45, 7) is 2.33. The molecule has 1 aromatic carbocycles. The number of rotatable bonds is 12. The molecular weight excluding hydrogens is 411 g/mol. The number of nitrogens with one attached hydrogen (secondary N) is 1. The molecule has 1 aliphatic heterocycles. The molecule has 0 bridgehead atoms. The molecule has 0 aromatic heterocycles. The van der Waals surface area contributed by atoms with Gasteiger partial charge in [0.2, 0.25) is 5.91 Å². The summed E-state index contributed by atoms with van der Waals surface area (Å²) in [6.07, 6.45) is 6.27. The third-order valence-corrected chi connectivity index (χ3v) is 5.60. The second-order valence-electron chi connectivity index (χ2n) is 8.08. The number of likely N-dealkylation sites (tertiary alicyclic amines) is 1. The first kappa shape index (κ1) is 24.9. The van der Waals surface area contributed by atoms with Crippen LogP contribution in [0.5, 0.6) is 0 Å². The van der Waals surface area contributed by atoms with Crippen LogP contribution in [-0.4, -0.2) is 35.4 Å². The average molecular weight is 444 g/mol. The number of unbranched alkanes of at least 4 members (excludes halogenated alkanes) is 6. The Hall–Kier alpha value is -2.32. The number of benzene rings is 1. The Morgan fingerprint density at radius 2 is 1.61 bits per heavy atom. The number of nitro benzene ring substituents is 1. The van der Waals surface area contributed by atoms with Crippen LogP contribution in [0.3, 0.4) is 0 Å². The third-order valence-electron chi connectivity index (χ3n) is 5.60. The van der Waals surface area contributed by atoms with Gasteiger partial charge in [0, 0.05) is 37.8 Å². The molecular formula is C22H32F3N3O3. The van der Waals surface area contributed by atoms with E-state index in [1.54, 1.807) is 0 Å². The minimum atomic E-state index is -4.77. The number of piperidine rings is 1. The Morgan fingerprint density at radius 3 is 2.23 bits per heavy atom. The lowest BCUT2D eigenvalue weighted by molar-refractivity contribution is -0.388. The summed E-state index contributed by atoms with van der Waals surface area (Å²) >= 11 is 0. The Bertz CT molecular complexity index is 720. The van der Waals surface area contributed by atoms with Crippen molar-refractivity contribution in [2.45, 2.75) is 76.8 Å². The lowest BCUT2D eigenvalue weighted by Crippen LogP contribution is -2.35. The predicted molar refractivity (Wildman–Crippen MR) is 114 cm³/mol. The van der Waals surface area contributed by atoms with E-state index in [9.17, 15) is 28.1 Å². The Labute approximate surface area is 181 Å². The van der Waals surface area contributed by atoms with Crippen LogP contribution in [0.25, 0.3) is 0 Å². The summed E-state index contributed by atoms with van der Waals surface area (Å²) in [4.78, 5) is 23.8. The number of hydrogen-bond acceptors (Lipinski definition) is 4. The van der Waals surface area contributed by atoms with Crippen LogP contribution in [0.2, 0.25) is 0 Å². The highest BCUT2D eigenvalue weighted by molar-refractivity contribution is 5.76. The molecule has 0 atom stereocenters. The first-order valence-corrected chi connectivity index (χ1v) is 11.2. The van der Waals surface area contributed by atoms with Gasteiger partial charge in [0.15, 0.2) is 0 Å². The van der Waals surface area contributed by atoms with E-state index in [0.717, 1.165) is 83.0 Å². The number of alkyl halides is 3. The Kier molecular flexibility index (Phi) is 10.1. The van der Waals surface area contributed by atoms with Gasteiger partial charge in [0.05, 0.1) is 4.92 Å². The van der Waals surface area contributed by atoms with Crippen molar-refractivity contribution < 1.29 is 22.9 Å². The second kappa shape index (κ2) is 12.5. The van der Waals surface area contributed by atoms with Gasteiger partial charge in [-0.3, -0.25) is 14.9 Å². The number of hydrogen-bond donors (Lipinski definition) is 1. The zero-order valence-electron chi connectivity index (χ0n) is 17.9. The monoisotopic (exact) mass is 443 g/mol. The molecule has 31 heavy (non-hydrogen) atoms. The standard InChI is InChI=1S/C22H32F3N3O3/c23-22(24,25)19-17-18(12-13-20(19)28(30)31)26-14-8-5-3-1-2-4-7-11-21(29)27-15-9-6-10-16-27/h12-13,17,26H,1-11,14-16H2. The van der Waals surface area contributed by atoms with E-state index in [0.29, 0.717) is 13.0 Å². The van der Waals surface area contributed by atoms with Crippen molar-refractivity contribution in [2.24, 2.45) is 0 Å². The van der Waals surface area contributed by atoms with E-state index < -0.39 is 22.4 Å². The summed E-state index contributed by atoms with van der Waals surface area (Å²) < 4.78 is 39.0. The van der Waals surface area contributed by atoms with E-state index in [4.69, 9.17) is 0 Å². The molecule has 1 heterocycles. The number of nitrogens with zero attached hydrogens (tertiary/aromatic N) is 2.